The number of fused-ring (bicyclic) bond motifs is 2. The fourth-order valence-electron chi connectivity index (χ4n) is 3.67. The van der Waals surface area contributed by atoms with Gasteiger partial charge in [0.05, 0.1) is 5.69 Å². The molecule has 1 N–H and O–H groups in total. The van der Waals surface area contributed by atoms with E-state index in [1.807, 2.05) is 29.2 Å². The maximum atomic E-state index is 12.4. The number of anilines is 1. The molecule has 2 heterocycles. The molecule has 0 spiro atoms. The van der Waals surface area contributed by atoms with E-state index in [1.165, 1.54) is 0 Å². The minimum Gasteiger partial charge on any atom is -0.480 e. The van der Waals surface area contributed by atoms with Crippen molar-refractivity contribution in [2.24, 2.45) is 0 Å². The van der Waals surface area contributed by atoms with Crippen LogP contribution in [0.1, 0.15) is 28.8 Å². The predicted molar refractivity (Wildman–Crippen MR) is 80.0 cm³/mol. The smallest absolute Gasteiger partial charge is 0.326 e. The van der Waals surface area contributed by atoms with Gasteiger partial charge >= 0.3 is 5.97 Å². The van der Waals surface area contributed by atoms with E-state index in [1.54, 1.807) is 0 Å². The second-order valence-corrected chi connectivity index (χ2v) is 5.75. The van der Waals surface area contributed by atoms with Crippen LogP contribution in [0.2, 0.25) is 0 Å². The monoisotopic (exact) mass is 281 g/mol. The van der Waals surface area contributed by atoms with Crippen molar-refractivity contribution >= 4 is 28.2 Å². The molecule has 1 unspecified atom stereocenters. The zero-order valence-corrected chi connectivity index (χ0v) is 11.5. The van der Waals surface area contributed by atoms with Crippen molar-refractivity contribution in [1.82, 2.24) is 0 Å². The van der Waals surface area contributed by atoms with E-state index in [2.05, 4.69) is 6.07 Å². The van der Waals surface area contributed by atoms with Gasteiger partial charge in [0.1, 0.15) is 6.04 Å². The number of carboxylic acids is 1. The van der Waals surface area contributed by atoms with E-state index in [0.29, 0.717) is 12.1 Å². The molecule has 0 radical (unpaired) electrons. The van der Waals surface area contributed by atoms with E-state index in [9.17, 15) is 14.7 Å². The van der Waals surface area contributed by atoms with Gasteiger partial charge in [0.15, 0.2) is 5.78 Å². The number of rotatable bonds is 1. The van der Waals surface area contributed by atoms with Crippen LogP contribution in [0, 0.1) is 0 Å². The first-order chi connectivity index (χ1) is 10.2. The lowest BCUT2D eigenvalue weighted by molar-refractivity contribution is -0.138. The predicted octanol–water partition coefficient (Wildman–Crippen LogP) is 2.63. The minimum absolute atomic E-state index is 0.0532. The van der Waals surface area contributed by atoms with Crippen LogP contribution in [-0.2, 0) is 11.2 Å². The molecule has 0 fully saturated rings. The highest BCUT2D eigenvalue weighted by atomic mass is 16.4. The Kier molecular flexibility index (Phi) is 2.55. The van der Waals surface area contributed by atoms with Gasteiger partial charge in [-0.2, -0.15) is 0 Å². The number of carboxylic acid groups (broad SMARTS) is 1. The van der Waals surface area contributed by atoms with Crippen molar-refractivity contribution in [3.8, 4) is 0 Å². The number of aliphatic carboxylic acids is 1. The molecule has 0 aromatic heterocycles. The molecule has 2 aromatic carbocycles. The van der Waals surface area contributed by atoms with Gasteiger partial charge in [0.2, 0.25) is 0 Å². The summed E-state index contributed by atoms with van der Waals surface area (Å²) in [6.07, 6.45) is 1.90. The maximum absolute atomic E-state index is 12.4. The molecule has 2 aliphatic heterocycles. The number of benzene rings is 2. The van der Waals surface area contributed by atoms with Crippen LogP contribution in [0.3, 0.4) is 0 Å². The molecule has 2 aliphatic rings. The van der Waals surface area contributed by atoms with E-state index in [0.717, 1.165) is 34.9 Å². The molecule has 4 rings (SSSR count). The highest BCUT2D eigenvalue weighted by Gasteiger charge is 2.39. The van der Waals surface area contributed by atoms with Gasteiger partial charge in [-0.05, 0) is 35.2 Å². The molecular weight excluding hydrogens is 266 g/mol. The van der Waals surface area contributed by atoms with Gasteiger partial charge in [-0.15, -0.1) is 0 Å². The highest BCUT2D eigenvalue weighted by Crippen LogP contribution is 2.41. The summed E-state index contributed by atoms with van der Waals surface area (Å²) >= 11 is 0. The number of nitrogens with zero attached hydrogens (tertiary/aromatic N) is 1. The summed E-state index contributed by atoms with van der Waals surface area (Å²) in [6, 6.07) is 9.24. The van der Waals surface area contributed by atoms with Crippen LogP contribution in [0.4, 0.5) is 5.69 Å². The number of hydrogen-bond donors (Lipinski definition) is 1. The Morgan fingerprint density at radius 3 is 2.90 bits per heavy atom. The van der Waals surface area contributed by atoms with Crippen LogP contribution in [0.15, 0.2) is 30.3 Å². The first-order valence-corrected chi connectivity index (χ1v) is 7.24. The summed E-state index contributed by atoms with van der Waals surface area (Å²) in [5.41, 5.74) is 2.69. The average Bonchev–Trinajstić information content (AvgIpc) is 2.50. The molecule has 106 valence electrons. The van der Waals surface area contributed by atoms with Crippen LogP contribution >= 0.6 is 0 Å². The number of ketones is 1. The first kappa shape index (κ1) is 12.4. The first-order valence-electron chi connectivity index (χ1n) is 7.24. The van der Waals surface area contributed by atoms with E-state index >= 15 is 0 Å². The minimum atomic E-state index is -0.907. The zero-order chi connectivity index (χ0) is 14.6. The summed E-state index contributed by atoms with van der Waals surface area (Å²) < 4.78 is 0. The second-order valence-electron chi connectivity index (χ2n) is 5.75. The quantitative estimate of drug-likeness (QED) is 0.873. The number of hydrogen-bond acceptors (Lipinski definition) is 3. The molecule has 4 nitrogen and oxygen atoms in total. The van der Waals surface area contributed by atoms with Gasteiger partial charge in [0, 0.05) is 18.5 Å². The highest BCUT2D eigenvalue weighted by molar-refractivity contribution is 6.11. The molecule has 0 aliphatic carbocycles. The lowest BCUT2D eigenvalue weighted by Crippen LogP contribution is -2.48. The summed E-state index contributed by atoms with van der Waals surface area (Å²) in [7, 11) is 0. The Morgan fingerprint density at radius 1 is 1.29 bits per heavy atom. The SMILES string of the molecule is O=C1CC(C(=O)O)N2CCCc3c2c1cc1ccccc31. The van der Waals surface area contributed by atoms with Gasteiger partial charge in [-0.25, -0.2) is 4.79 Å². The van der Waals surface area contributed by atoms with Gasteiger partial charge in [-0.1, -0.05) is 24.3 Å². The lowest BCUT2D eigenvalue weighted by atomic mass is 9.84. The molecule has 0 bridgehead atoms. The lowest BCUT2D eigenvalue weighted by Gasteiger charge is -2.40. The molecule has 0 amide bonds. The van der Waals surface area contributed by atoms with Crippen LogP contribution in [0.25, 0.3) is 10.8 Å². The number of aryl methyl sites for hydroxylation is 1. The molecule has 0 saturated carbocycles. The number of Topliss-reactive ketones (excluding diaryl/α,β-unsaturated/α-hetero) is 1. The maximum Gasteiger partial charge on any atom is 0.326 e. The van der Waals surface area contributed by atoms with Crippen molar-refractivity contribution in [3.05, 3.63) is 41.5 Å². The van der Waals surface area contributed by atoms with E-state index < -0.39 is 12.0 Å². The molecule has 21 heavy (non-hydrogen) atoms. The van der Waals surface area contributed by atoms with Gasteiger partial charge in [0.25, 0.3) is 0 Å². The third kappa shape index (κ3) is 1.68. The molecular formula is C17H15NO3. The Morgan fingerprint density at radius 2 is 2.10 bits per heavy atom. The van der Waals surface area contributed by atoms with E-state index in [-0.39, 0.29) is 12.2 Å². The zero-order valence-electron chi connectivity index (χ0n) is 11.5. The summed E-state index contributed by atoms with van der Waals surface area (Å²) in [5.74, 6) is -0.961. The molecule has 1 atom stereocenters. The van der Waals surface area contributed by atoms with Crippen molar-refractivity contribution in [2.75, 3.05) is 11.4 Å². The Bertz CT molecular complexity index is 781. The number of carbonyl (C=O) groups excluding carboxylic acids is 1. The van der Waals surface area contributed by atoms with Crippen LogP contribution < -0.4 is 4.90 Å². The largest absolute Gasteiger partial charge is 0.480 e. The van der Waals surface area contributed by atoms with Gasteiger partial charge < -0.3 is 10.0 Å². The van der Waals surface area contributed by atoms with Crippen molar-refractivity contribution < 1.29 is 14.7 Å². The van der Waals surface area contributed by atoms with Crippen molar-refractivity contribution in [3.63, 3.8) is 0 Å². The van der Waals surface area contributed by atoms with Crippen LogP contribution in [0.5, 0.6) is 0 Å². The third-order valence-corrected chi connectivity index (χ3v) is 4.58. The van der Waals surface area contributed by atoms with E-state index in [4.69, 9.17) is 0 Å². The Labute approximate surface area is 122 Å². The summed E-state index contributed by atoms with van der Waals surface area (Å²) in [4.78, 5) is 25.8. The van der Waals surface area contributed by atoms with Gasteiger partial charge in [-0.3, -0.25) is 4.79 Å². The summed E-state index contributed by atoms with van der Waals surface area (Å²) in [6.45, 7) is 0.711. The molecule has 0 saturated heterocycles. The number of carbonyl (C=O) groups is 2. The molecule has 4 heteroatoms. The average molecular weight is 281 g/mol. The summed E-state index contributed by atoms with van der Waals surface area (Å²) in [5, 5.41) is 11.6. The van der Waals surface area contributed by atoms with Crippen molar-refractivity contribution in [2.45, 2.75) is 25.3 Å². The fourth-order valence-corrected chi connectivity index (χ4v) is 3.67. The fraction of sp³-hybridized carbons (Fsp3) is 0.294. The topological polar surface area (TPSA) is 57.6 Å². The standard InChI is InChI=1S/C17H15NO3/c19-15-9-14(17(20)21)18-7-3-6-12-11-5-2-1-4-10(11)8-13(15)16(12)18/h1-2,4-5,8,14H,3,6-7,9H2,(H,20,21). The third-order valence-electron chi connectivity index (χ3n) is 4.58. The van der Waals surface area contributed by atoms with Crippen molar-refractivity contribution in [1.29, 1.82) is 0 Å². The Hall–Kier alpha value is -2.36. The molecule has 2 aromatic rings. The van der Waals surface area contributed by atoms with Crippen LogP contribution in [-0.4, -0.2) is 29.4 Å². The normalized spacial score (nSPS) is 20.5. The Balaban J connectivity index is 2.05. The second kappa shape index (κ2) is 4.32.